The van der Waals surface area contributed by atoms with Crippen molar-refractivity contribution >= 4 is 46.2 Å². The molecular weight excluding hydrogens is 564 g/mol. The average Bonchev–Trinajstić information content (AvgIpc) is 3.15. The number of fused-ring (bicyclic) bond motifs is 2. The Balaban J connectivity index is 1.51. The van der Waals surface area contributed by atoms with Gasteiger partial charge in [-0.3, -0.25) is 0 Å². The van der Waals surface area contributed by atoms with Crippen LogP contribution in [0, 0.1) is 55.0 Å². The number of rotatable bonds is 4. The Bertz CT molecular complexity index is 2660. The number of benzene rings is 5. The minimum absolute atomic E-state index is 0.00586. The third-order valence-electron chi connectivity index (χ3n) is 9.74. The number of aromatic nitrogens is 1. The molecule has 2 heterocycles. The van der Waals surface area contributed by atoms with Crippen LogP contribution in [0.15, 0.2) is 103 Å². The zero-order valence-electron chi connectivity index (χ0n) is 41.9. The smallest absolute Gasteiger partial charge is 0.201 e. The van der Waals surface area contributed by atoms with Crippen molar-refractivity contribution in [1.82, 2.24) is 0 Å². The first-order chi connectivity index (χ1) is 28.6. The summed E-state index contributed by atoms with van der Waals surface area (Å²) < 4.78 is 129. The van der Waals surface area contributed by atoms with Crippen LogP contribution in [0.4, 0.5) is 0 Å². The lowest BCUT2D eigenvalue weighted by molar-refractivity contribution is -0.660. The first-order valence-corrected chi connectivity index (χ1v) is 15.7. The fraction of sp³-hybridized carbons (Fsp3) is 0.205. The van der Waals surface area contributed by atoms with Crippen molar-refractivity contribution in [3.8, 4) is 22.4 Å². The molecule has 47 heavy (non-hydrogen) atoms. The molecule has 7 rings (SSSR count). The Morgan fingerprint density at radius 3 is 1.55 bits per heavy atom. The van der Waals surface area contributed by atoms with Gasteiger partial charge in [-0.15, -0.1) is 0 Å². The summed E-state index contributed by atoms with van der Waals surface area (Å²) >= 11 is 0. The second kappa shape index (κ2) is 11.9. The van der Waals surface area contributed by atoms with E-state index in [1.165, 1.54) is 24.3 Å². The van der Waals surface area contributed by atoms with E-state index in [1.54, 1.807) is 75.0 Å². The summed E-state index contributed by atoms with van der Waals surface area (Å²) in [7, 11) is 1.72. The molecule has 0 N–H and O–H groups in total. The van der Waals surface area contributed by atoms with E-state index >= 15 is 0 Å². The molecule has 0 aliphatic carbocycles. The molecule has 1 aromatic heterocycles. The van der Waals surface area contributed by atoms with E-state index in [0.717, 1.165) is 0 Å². The quantitative estimate of drug-likeness (QED) is 0.176. The molecule has 0 radical (unpaired) electrons. The van der Waals surface area contributed by atoms with Crippen LogP contribution in [-0.2, 0) is 7.05 Å². The highest BCUT2D eigenvalue weighted by Gasteiger charge is 2.40. The zero-order chi connectivity index (χ0) is 45.6. The van der Waals surface area contributed by atoms with Crippen molar-refractivity contribution < 1.29 is 25.1 Å². The topological polar surface area (TPSA) is 3.88 Å². The SMILES string of the molecule is [2H]C([2H])([2H])c1c[n+](C)c(-c2cc(-c3cc(C)c(B4c5ccccc5B(c5c(C([2H])([2H])[2H])cccc5C([2H])([2H])[2H])c5ccccc54)c(C([2H])([2H])[2H])c3)c(C([2H])([2H])[2H])cc2C)cc1C. The van der Waals surface area contributed by atoms with Gasteiger partial charge in [-0.05, 0) is 88.9 Å². The number of hydrogen-bond acceptors (Lipinski definition) is 0. The third-order valence-corrected chi connectivity index (χ3v) is 9.74. The van der Waals surface area contributed by atoms with Gasteiger partial charge in [-0.25, -0.2) is 4.57 Å². The highest BCUT2D eigenvalue weighted by atomic mass is 14.9. The second-order valence-corrected chi connectivity index (χ2v) is 12.7. The van der Waals surface area contributed by atoms with Gasteiger partial charge in [0.15, 0.2) is 6.20 Å². The molecule has 0 fully saturated rings. The van der Waals surface area contributed by atoms with Gasteiger partial charge < -0.3 is 0 Å². The Hall–Kier alpha value is -4.62. The summed E-state index contributed by atoms with van der Waals surface area (Å²) in [6.07, 6.45) is 1.55. The van der Waals surface area contributed by atoms with Gasteiger partial charge in [-0.1, -0.05) is 140 Å². The summed E-state index contributed by atoms with van der Waals surface area (Å²) in [5.74, 6) is 0. The second-order valence-electron chi connectivity index (χ2n) is 12.7. The number of aryl methyl sites for hydroxylation is 9. The summed E-state index contributed by atoms with van der Waals surface area (Å²) in [5.41, 5.74) is 6.99. The Morgan fingerprint density at radius 2 is 1.00 bits per heavy atom. The predicted octanol–water partition coefficient (Wildman–Crippen LogP) is 5.66. The number of nitrogens with zero attached hydrogens (tertiary/aromatic N) is 1. The predicted molar refractivity (Wildman–Crippen MR) is 205 cm³/mol. The Morgan fingerprint density at radius 1 is 0.468 bits per heavy atom. The molecule has 0 saturated heterocycles. The lowest BCUT2D eigenvalue weighted by Crippen LogP contribution is -2.75. The zero-order valence-corrected chi connectivity index (χ0v) is 26.9. The first kappa shape index (κ1) is 18.1. The van der Waals surface area contributed by atoms with Crippen molar-refractivity contribution in [2.45, 2.75) is 55.0 Å². The molecule has 230 valence electrons. The molecule has 1 nitrogen and oxygen atoms in total. The van der Waals surface area contributed by atoms with Crippen molar-refractivity contribution in [2.75, 3.05) is 0 Å². The van der Waals surface area contributed by atoms with E-state index in [-0.39, 0.29) is 33.3 Å². The molecule has 0 saturated carbocycles. The van der Waals surface area contributed by atoms with E-state index in [0.29, 0.717) is 66.4 Å². The van der Waals surface area contributed by atoms with Crippen molar-refractivity contribution in [3.63, 3.8) is 0 Å². The molecule has 1 aliphatic rings. The molecule has 6 aromatic rings. The fourth-order valence-electron chi connectivity index (χ4n) is 7.48. The van der Waals surface area contributed by atoms with Gasteiger partial charge >= 0.3 is 0 Å². The Kier molecular flexibility index (Phi) is 4.56. The van der Waals surface area contributed by atoms with E-state index in [4.69, 9.17) is 20.6 Å². The summed E-state index contributed by atoms with van der Waals surface area (Å²) in [6, 6.07) is 27.4. The maximum Gasteiger partial charge on any atom is 0.240 e. The largest absolute Gasteiger partial charge is 0.240 e. The van der Waals surface area contributed by atoms with Crippen molar-refractivity contribution in [1.29, 1.82) is 0 Å². The third kappa shape index (κ3) is 5.17. The number of pyridine rings is 1. The van der Waals surface area contributed by atoms with Crippen molar-refractivity contribution in [3.05, 3.63) is 148 Å². The Labute approximate surface area is 303 Å². The molecule has 0 amide bonds. The highest BCUT2D eigenvalue weighted by molar-refractivity contribution is 7.11. The van der Waals surface area contributed by atoms with E-state index < -0.39 is 47.7 Å². The van der Waals surface area contributed by atoms with Crippen LogP contribution in [0.2, 0.25) is 0 Å². The molecule has 1 aliphatic heterocycles. The van der Waals surface area contributed by atoms with Crippen LogP contribution >= 0.6 is 0 Å². The minimum Gasteiger partial charge on any atom is -0.201 e. The molecule has 5 aromatic carbocycles. The fourth-order valence-corrected chi connectivity index (χ4v) is 7.48. The van der Waals surface area contributed by atoms with E-state index in [1.807, 2.05) is 36.4 Å². The monoisotopic (exact) mass is 623 g/mol. The van der Waals surface area contributed by atoms with Crippen LogP contribution in [-0.4, -0.2) is 13.4 Å². The van der Waals surface area contributed by atoms with Gasteiger partial charge in [0.05, 0.1) is 0 Å². The van der Waals surface area contributed by atoms with Crippen molar-refractivity contribution in [2.24, 2.45) is 7.05 Å². The standard InChI is InChI=1S/C44H44B2N/c1-27-15-14-16-28(2)43(27)45-38-17-10-12-19-40(38)46(41-20-13-11-18-39(41)45)44-32(6)22-35(23-33(44)7)36-25-37(31(5)21-30(36)4)42-24-29(3)34(8)26-47(42)9/h10-26H,1-9H3/q+1/i1D3,2D3,4D3,6D3,8D3. The van der Waals surface area contributed by atoms with Gasteiger partial charge in [0.2, 0.25) is 19.1 Å². The number of hydrogen-bond donors (Lipinski definition) is 0. The van der Waals surface area contributed by atoms with Gasteiger partial charge in [0, 0.05) is 37.8 Å². The van der Waals surface area contributed by atoms with E-state index in [2.05, 4.69) is 0 Å². The molecule has 0 unspecified atom stereocenters. The molecule has 0 spiro atoms. The molecule has 0 bridgehead atoms. The van der Waals surface area contributed by atoms with Crippen LogP contribution < -0.4 is 37.3 Å². The maximum atomic E-state index is 8.98. The van der Waals surface area contributed by atoms with Crippen LogP contribution in [0.5, 0.6) is 0 Å². The average molecular weight is 624 g/mol. The van der Waals surface area contributed by atoms with Gasteiger partial charge in [0.1, 0.15) is 7.05 Å². The normalized spacial score (nSPS) is 18.3. The van der Waals surface area contributed by atoms with Gasteiger partial charge in [-0.2, -0.15) is 0 Å². The molecule has 3 heteroatoms. The molecular formula is C44H44B2N+. The highest BCUT2D eigenvalue weighted by Crippen LogP contribution is 2.32. The summed E-state index contributed by atoms with van der Waals surface area (Å²) in [5, 5.41) is 0. The summed E-state index contributed by atoms with van der Waals surface area (Å²) in [6.45, 7) is -9.19. The van der Waals surface area contributed by atoms with E-state index in [9.17, 15) is 0 Å². The van der Waals surface area contributed by atoms with Crippen LogP contribution in [0.3, 0.4) is 0 Å². The molecule has 0 atom stereocenters. The minimum atomic E-state index is -2.71. The maximum absolute atomic E-state index is 8.98. The van der Waals surface area contributed by atoms with Crippen LogP contribution in [0.1, 0.15) is 65.1 Å². The first-order valence-electron chi connectivity index (χ1n) is 23.2. The lowest BCUT2D eigenvalue weighted by Gasteiger charge is -2.34. The summed E-state index contributed by atoms with van der Waals surface area (Å²) in [4.78, 5) is 0. The van der Waals surface area contributed by atoms with Gasteiger partial charge in [0.25, 0.3) is 0 Å². The van der Waals surface area contributed by atoms with Crippen LogP contribution in [0.25, 0.3) is 22.4 Å². The lowest BCUT2D eigenvalue weighted by atomic mass is 9.20.